The van der Waals surface area contributed by atoms with Gasteiger partial charge in [-0.25, -0.2) is 0 Å². The largest absolute Gasteiger partial charge is 0.466 e. The van der Waals surface area contributed by atoms with Crippen LogP contribution in [0.5, 0.6) is 0 Å². The Balaban J connectivity index is 3.37. The summed E-state index contributed by atoms with van der Waals surface area (Å²) in [7, 11) is 0. The van der Waals surface area contributed by atoms with Crippen LogP contribution < -0.4 is 5.32 Å². The lowest BCUT2D eigenvalue weighted by atomic mass is 10.0. The first kappa shape index (κ1) is 70.3. The number of carbonyl (C=O) groups is 2. The summed E-state index contributed by atoms with van der Waals surface area (Å²) in [6.45, 7) is 4.92. The molecule has 426 valence electrons. The highest BCUT2D eigenvalue weighted by atomic mass is 16.5. The number of amides is 1. The molecule has 0 aromatic heterocycles. The first-order valence-electron chi connectivity index (χ1n) is 32.6. The normalized spacial score (nSPS) is 12.7. The Kier molecular flexibility index (Phi) is 60.5. The van der Waals surface area contributed by atoms with Crippen LogP contribution in [0.3, 0.4) is 0 Å². The standard InChI is InChI=1S/C66H127NO5/c1-3-5-7-9-11-13-15-16-35-39-42-46-50-54-58-64(69)63(62-68)67-65(70)59-55-51-47-43-40-36-33-31-29-27-25-23-21-19-17-18-20-22-24-26-28-30-32-34-37-41-45-49-53-57-61-72-66(71)60-56-52-48-44-38-14-12-10-8-6-4-2/h18,20,54,58,63-64,68-69H,3-17,19,21-53,55-57,59-62H2,1-2H3,(H,67,70)/b20-18-,58-54+. The summed E-state index contributed by atoms with van der Waals surface area (Å²) in [5, 5.41) is 23.1. The Bertz CT molecular complexity index is 1120. The van der Waals surface area contributed by atoms with Gasteiger partial charge in [0.25, 0.3) is 0 Å². The van der Waals surface area contributed by atoms with E-state index in [-0.39, 0.29) is 18.5 Å². The molecule has 0 spiro atoms. The second-order valence-electron chi connectivity index (χ2n) is 22.5. The Morgan fingerprint density at radius 2 is 0.653 bits per heavy atom. The maximum Gasteiger partial charge on any atom is 0.305 e. The fraction of sp³-hybridized carbons (Fsp3) is 0.909. The van der Waals surface area contributed by atoms with Gasteiger partial charge in [0, 0.05) is 12.8 Å². The number of allylic oxidation sites excluding steroid dienone is 3. The van der Waals surface area contributed by atoms with Crippen LogP contribution in [0.4, 0.5) is 0 Å². The average Bonchev–Trinajstić information content (AvgIpc) is 3.38. The van der Waals surface area contributed by atoms with Crippen molar-refractivity contribution in [2.45, 2.75) is 373 Å². The third-order valence-electron chi connectivity index (χ3n) is 15.2. The molecular formula is C66H127NO5. The summed E-state index contributed by atoms with van der Waals surface area (Å²) < 4.78 is 5.47. The highest BCUT2D eigenvalue weighted by Gasteiger charge is 2.18. The summed E-state index contributed by atoms with van der Waals surface area (Å²) in [5.74, 6) is -0.0481. The molecule has 0 aliphatic carbocycles. The van der Waals surface area contributed by atoms with Crippen molar-refractivity contribution in [3.05, 3.63) is 24.3 Å². The number of aliphatic hydroxyl groups excluding tert-OH is 2. The van der Waals surface area contributed by atoms with Crippen molar-refractivity contribution in [2.75, 3.05) is 13.2 Å². The molecule has 3 N–H and O–H groups in total. The molecule has 6 nitrogen and oxygen atoms in total. The lowest BCUT2D eigenvalue weighted by Gasteiger charge is -2.20. The fourth-order valence-electron chi connectivity index (χ4n) is 10.2. The van der Waals surface area contributed by atoms with Gasteiger partial charge in [-0.3, -0.25) is 9.59 Å². The lowest BCUT2D eigenvalue weighted by Crippen LogP contribution is -2.45. The van der Waals surface area contributed by atoms with Crippen LogP contribution >= 0.6 is 0 Å². The van der Waals surface area contributed by atoms with E-state index in [1.807, 2.05) is 6.08 Å². The molecule has 1 amide bonds. The molecule has 0 fully saturated rings. The van der Waals surface area contributed by atoms with Crippen LogP contribution in [0.25, 0.3) is 0 Å². The van der Waals surface area contributed by atoms with Crippen LogP contribution in [0, 0.1) is 0 Å². The third-order valence-corrected chi connectivity index (χ3v) is 15.2. The lowest BCUT2D eigenvalue weighted by molar-refractivity contribution is -0.143. The Hall–Kier alpha value is -1.66. The summed E-state index contributed by atoms with van der Waals surface area (Å²) in [5.41, 5.74) is 0. The highest BCUT2D eigenvalue weighted by Crippen LogP contribution is 2.18. The quantitative estimate of drug-likeness (QED) is 0.0320. The Morgan fingerprint density at radius 1 is 0.375 bits per heavy atom. The van der Waals surface area contributed by atoms with Crippen molar-refractivity contribution in [2.24, 2.45) is 0 Å². The van der Waals surface area contributed by atoms with Gasteiger partial charge in [-0.15, -0.1) is 0 Å². The molecule has 0 heterocycles. The zero-order valence-corrected chi connectivity index (χ0v) is 48.7. The average molecular weight is 1010 g/mol. The maximum absolute atomic E-state index is 12.5. The number of ether oxygens (including phenoxy) is 1. The summed E-state index contributed by atoms with van der Waals surface area (Å²) in [6, 6.07) is -0.626. The van der Waals surface area contributed by atoms with E-state index in [4.69, 9.17) is 4.74 Å². The number of unbranched alkanes of at least 4 members (excludes halogenated alkanes) is 48. The number of hydrogen-bond acceptors (Lipinski definition) is 5. The predicted molar refractivity (Wildman–Crippen MR) is 315 cm³/mol. The molecular weight excluding hydrogens is 887 g/mol. The van der Waals surface area contributed by atoms with Crippen molar-refractivity contribution in [3.63, 3.8) is 0 Å². The summed E-state index contributed by atoms with van der Waals surface area (Å²) >= 11 is 0. The van der Waals surface area contributed by atoms with E-state index in [0.29, 0.717) is 19.4 Å². The molecule has 0 radical (unpaired) electrons. The van der Waals surface area contributed by atoms with Crippen LogP contribution in [-0.2, 0) is 14.3 Å². The van der Waals surface area contributed by atoms with Crippen molar-refractivity contribution in [3.8, 4) is 0 Å². The first-order chi connectivity index (χ1) is 35.5. The van der Waals surface area contributed by atoms with Gasteiger partial charge in [-0.2, -0.15) is 0 Å². The van der Waals surface area contributed by atoms with Gasteiger partial charge in [0.15, 0.2) is 0 Å². The number of esters is 1. The summed E-state index contributed by atoms with van der Waals surface area (Å²) in [4.78, 5) is 24.5. The van der Waals surface area contributed by atoms with Crippen molar-refractivity contribution in [1.29, 1.82) is 0 Å². The monoisotopic (exact) mass is 1010 g/mol. The molecule has 72 heavy (non-hydrogen) atoms. The van der Waals surface area contributed by atoms with Crippen molar-refractivity contribution >= 4 is 11.9 Å². The minimum absolute atomic E-state index is 0.0168. The van der Waals surface area contributed by atoms with Crippen LogP contribution in [0.2, 0.25) is 0 Å². The Labute approximate surface area is 450 Å². The molecule has 0 aliphatic heterocycles. The number of hydrogen-bond donors (Lipinski definition) is 3. The van der Waals surface area contributed by atoms with Gasteiger partial charge < -0.3 is 20.3 Å². The molecule has 0 aliphatic rings. The number of rotatable bonds is 61. The van der Waals surface area contributed by atoms with Gasteiger partial charge >= 0.3 is 5.97 Å². The third kappa shape index (κ3) is 57.6. The molecule has 2 atom stereocenters. The van der Waals surface area contributed by atoms with E-state index in [2.05, 4.69) is 31.3 Å². The molecule has 2 unspecified atom stereocenters. The molecule has 0 aromatic rings. The zero-order valence-electron chi connectivity index (χ0n) is 48.7. The minimum atomic E-state index is -0.842. The van der Waals surface area contributed by atoms with E-state index in [1.54, 1.807) is 6.08 Å². The van der Waals surface area contributed by atoms with E-state index in [0.717, 1.165) is 38.5 Å². The highest BCUT2D eigenvalue weighted by molar-refractivity contribution is 5.76. The molecule has 0 saturated carbocycles. The van der Waals surface area contributed by atoms with Gasteiger partial charge in [0.05, 0.1) is 25.4 Å². The molecule has 0 saturated heterocycles. The summed E-state index contributed by atoms with van der Waals surface area (Å²) in [6.07, 6.45) is 76.7. The topological polar surface area (TPSA) is 95.9 Å². The number of carbonyl (C=O) groups excluding carboxylic acids is 2. The second kappa shape index (κ2) is 61.9. The smallest absolute Gasteiger partial charge is 0.305 e. The second-order valence-corrected chi connectivity index (χ2v) is 22.5. The van der Waals surface area contributed by atoms with E-state index >= 15 is 0 Å². The SMILES string of the molecule is CCCCCCCCCCCCCC/C=C/C(O)C(CO)NC(=O)CCCCCCCCCCCCCCCC/C=C\CCCCCCCCCCCCCCOC(=O)CCCCCCCCCCCCC. The van der Waals surface area contributed by atoms with Gasteiger partial charge in [-0.1, -0.05) is 314 Å². The number of aliphatic hydroxyl groups is 2. The maximum atomic E-state index is 12.5. The van der Waals surface area contributed by atoms with Crippen LogP contribution in [0.15, 0.2) is 24.3 Å². The first-order valence-corrected chi connectivity index (χ1v) is 32.6. The predicted octanol–water partition coefficient (Wildman–Crippen LogP) is 20.6. The molecule has 6 heteroatoms. The molecule has 0 bridgehead atoms. The van der Waals surface area contributed by atoms with Gasteiger partial charge in [-0.05, 0) is 57.8 Å². The van der Waals surface area contributed by atoms with E-state index < -0.39 is 12.1 Å². The minimum Gasteiger partial charge on any atom is -0.466 e. The fourth-order valence-corrected chi connectivity index (χ4v) is 10.2. The van der Waals surface area contributed by atoms with Gasteiger partial charge in [0.2, 0.25) is 5.91 Å². The van der Waals surface area contributed by atoms with E-state index in [9.17, 15) is 19.8 Å². The van der Waals surface area contributed by atoms with Crippen molar-refractivity contribution in [1.82, 2.24) is 5.32 Å². The van der Waals surface area contributed by atoms with Crippen LogP contribution in [-0.4, -0.2) is 47.4 Å². The van der Waals surface area contributed by atoms with Crippen molar-refractivity contribution < 1.29 is 24.5 Å². The Morgan fingerprint density at radius 3 is 0.986 bits per heavy atom. The molecule has 0 rings (SSSR count). The zero-order chi connectivity index (χ0) is 52.2. The van der Waals surface area contributed by atoms with Crippen LogP contribution in [0.1, 0.15) is 361 Å². The molecule has 0 aromatic carbocycles. The van der Waals surface area contributed by atoms with Gasteiger partial charge in [0.1, 0.15) is 0 Å². The van der Waals surface area contributed by atoms with E-state index in [1.165, 1.54) is 295 Å². The number of nitrogens with one attached hydrogen (secondary N) is 1.